The molecule has 2 heteroatoms. The van der Waals surface area contributed by atoms with Gasteiger partial charge in [0.1, 0.15) is 0 Å². The predicted molar refractivity (Wildman–Crippen MR) is 37.8 cm³/mol. The van der Waals surface area contributed by atoms with E-state index in [0.29, 0.717) is 0 Å². The summed E-state index contributed by atoms with van der Waals surface area (Å²) < 4.78 is 0. The lowest BCUT2D eigenvalue weighted by atomic mass is 9.96. The Morgan fingerprint density at radius 3 is 2.11 bits per heavy atom. The maximum absolute atomic E-state index is 10.9. The van der Waals surface area contributed by atoms with Crippen molar-refractivity contribution >= 4 is 5.91 Å². The highest BCUT2D eigenvalue weighted by Crippen LogP contribution is 2.11. The molecule has 0 aromatic heterocycles. The molecule has 0 fully saturated rings. The number of carbonyl (C=O) groups excluding carboxylic acids is 1. The Bertz CT molecular complexity index is 121. The quantitative estimate of drug-likeness (QED) is 0.565. The fraction of sp³-hybridized carbons (Fsp3) is 0.571. The third-order valence-electron chi connectivity index (χ3n) is 0.914. The molecule has 0 bridgehead atoms. The van der Waals surface area contributed by atoms with Crippen LogP contribution in [0.5, 0.6) is 0 Å². The Morgan fingerprint density at radius 1 is 1.56 bits per heavy atom. The third kappa shape index (κ3) is 2.90. The SMILES string of the molecule is C=CNC(=O)C(C)(C)C. The molecule has 0 aliphatic carbocycles. The molecule has 0 atom stereocenters. The van der Waals surface area contributed by atoms with E-state index in [1.54, 1.807) is 0 Å². The molecule has 9 heavy (non-hydrogen) atoms. The highest BCUT2D eigenvalue weighted by molar-refractivity contribution is 5.82. The molecule has 0 aliphatic rings. The van der Waals surface area contributed by atoms with Gasteiger partial charge in [0.25, 0.3) is 0 Å². The van der Waals surface area contributed by atoms with Gasteiger partial charge in [-0.2, -0.15) is 0 Å². The van der Waals surface area contributed by atoms with E-state index in [1.165, 1.54) is 6.20 Å². The van der Waals surface area contributed by atoms with Gasteiger partial charge in [-0.25, -0.2) is 0 Å². The molecule has 0 saturated carbocycles. The standard InChI is InChI=1S/C7H13NO/c1-5-8-6(9)7(2,3)4/h5H,1H2,2-4H3,(H,8,9). The van der Waals surface area contributed by atoms with Crippen LogP contribution in [0.15, 0.2) is 12.8 Å². The summed E-state index contributed by atoms with van der Waals surface area (Å²) >= 11 is 0. The van der Waals surface area contributed by atoms with Gasteiger partial charge in [-0.3, -0.25) is 4.79 Å². The fourth-order valence-corrected chi connectivity index (χ4v) is 0.309. The van der Waals surface area contributed by atoms with Crippen LogP contribution in [-0.2, 0) is 4.79 Å². The smallest absolute Gasteiger partial charge is 0.229 e. The number of rotatable bonds is 1. The summed E-state index contributed by atoms with van der Waals surface area (Å²) in [5, 5.41) is 2.51. The van der Waals surface area contributed by atoms with Gasteiger partial charge in [0.15, 0.2) is 0 Å². The van der Waals surface area contributed by atoms with Gasteiger partial charge >= 0.3 is 0 Å². The van der Waals surface area contributed by atoms with Gasteiger partial charge < -0.3 is 5.32 Å². The number of hydrogen-bond acceptors (Lipinski definition) is 1. The zero-order chi connectivity index (χ0) is 7.49. The summed E-state index contributed by atoms with van der Waals surface area (Å²) in [7, 11) is 0. The van der Waals surface area contributed by atoms with Crippen LogP contribution in [0.2, 0.25) is 0 Å². The van der Waals surface area contributed by atoms with E-state index in [9.17, 15) is 4.79 Å². The predicted octanol–water partition coefficient (Wildman–Crippen LogP) is 1.29. The van der Waals surface area contributed by atoms with Gasteiger partial charge in [0.05, 0.1) is 0 Å². The first kappa shape index (κ1) is 8.21. The number of hydrogen-bond donors (Lipinski definition) is 1. The van der Waals surface area contributed by atoms with Gasteiger partial charge in [0.2, 0.25) is 5.91 Å². The molecule has 0 heterocycles. The Hall–Kier alpha value is -0.790. The van der Waals surface area contributed by atoms with Crippen LogP contribution in [0.4, 0.5) is 0 Å². The van der Waals surface area contributed by atoms with Crippen molar-refractivity contribution in [2.75, 3.05) is 0 Å². The monoisotopic (exact) mass is 127 g/mol. The van der Waals surface area contributed by atoms with E-state index in [4.69, 9.17) is 0 Å². The Kier molecular flexibility index (Phi) is 2.43. The molecule has 2 nitrogen and oxygen atoms in total. The Labute approximate surface area is 56.0 Å². The molecule has 1 N–H and O–H groups in total. The molecule has 0 aromatic rings. The second-order valence-electron chi connectivity index (χ2n) is 2.93. The van der Waals surface area contributed by atoms with Crippen molar-refractivity contribution in [1.82, 2.24) is 5.32 Å². The van der Waals surface area contributed by atoms with Gasteiger partial charge in [-0.1, -0.05) is 27.4 Å². The fourth-order valence-electron chi connectivity index (χ4n) is 0.309. The van der Waals surface area contributed by atoms with Crippen molar-refractivity contribution in [3.8, 4) is 0 Å². The molecular formula is C7H13NO. The van der Waals surface area contributed by atoms with Crippen molar-refractivity contribution in [2.24, 2.45) is 5.41 Å². The Balaban J connectivity index is 3.88. The van der Waals surface area contributed by atoms with Crippen molar-refractivity contribution in [1.29, 1.82) is 0 Å². The first-order valence-electron chi connectivity index (χ1n) is 2.90. The molecular weight excluding hydrogens is 114 g/mol. The molecule has 0 aromatic carbocycles. The van der Waals surface area contributed by atoms with Crippen LogP contribution >= 0.6 is 0 Å². The van der Waals surface area contributed by atoms with Gasteiger partial charge in [0, 0.05) is 5.41 Å². The van der Waals surface area contributed by atoms with Crippen LogP contribution in [-0.4, -0.2) is 5.91 Å². The van der Waals surface area contributed by atoms with E-state index < -0.39 is 0 Å². The van der Waals surface area contributed by atoms with Crippen LogP contribution in [0.3, 0.4) is 0 Å². The minimum absolute atomic E-state index is 0.00231. The van der Waals surface area contributed by atoms with Crippen molar-refractivity contribution in [3.63, 3.8) is 0 Å². The molecule has 52 valence electrons. The lowest BCUT2D eigenvalue weighted by Crippen LogP contribution is -2.30. The summed E-state index contributed by atoms with van der Waals surface area (Å²) in [5.41, 5.74) is -0.311. The van der Waals surface area contributed by atoms with Crippen LogP contribution in [0.1, 0.15) is 20.8 Å². The van der Waals surface area contributed by atoms with Gasteiger partial charge in [-0.05, 0) is 6.20 Å². The molecule has 0 unspecified atom stereocenters. The number of nitrogens with one attached hydrogen (secondary N) is 1. The molecule has 1 amide bonds. The second kappa shape index (κ2) is 2.67. The van der Waals surface area contributed by atoms with Crippen molar-refractivity contribution in [3.05, 3.63) is 12.8 Å². The van der Waals surface area contributed by atoms with Crippen LogP contribution in [0.25, 0.3) is 0 Å². The maximum atomic E-state index is 10.9. The zero-order valence-corrected chi connectivity index (χ0v) is 6.19. The lowest BCUT2D eigenvalue weighted by molar-refractivity contribution is -0.127. The molecule has 0 rings (SSSR count). The van der Waals surface area contributed by atoms with Crippen LogP contribution in [0, 0.1) is 5.41 Å². The molecule has 0 saturated heterocycles. The number of amides is 1. The van der Waals surface area contributed by atoms with Crippen LogP contribution < -0.4 is 5.32 Å². The minimum atomic E-state index is -0.311. The van der Waals surface area contributed by atoms with E-state index in [2.05, 4.69) is 11.9 Å². The molecule has 0 radical (unpaired) electrons. The van der Waals surface area contributed by atoms with E-state index >= 15 is 0 Å². The van der Waals surface area contributed by atoms with Crippen molar-refractivity contribution in [2.45, 2.75) is 20.8 Å². The molecule has 0 spiro atoms. The largest absolute Gasteiger partial charge is 0.333 e. The summed E-state index contributed by atoms with van der Waals surface area (Å²) in [6.07, 6.45) is 1.40. The van der Waals surface area contributed by atoms with Gasteiger partial charge in [-0.15, -0.1) is 0 Å². The average Bonchev–Trinajstić information content (AvgIpc) is 1.64. The second-order valence-corrected chi connectivity index (χ2v) is 2.93. The summed E-state index contributed by atoms with van der Waals surface area (Å²) in [4.78, 5) is 10.9. The normalized spacial score (nSPS) is 10.6. The first-order chi connectivity index (χ1) is 3.98. The first-order valence-corrected chi connectivity index (χ1v) is 2.90. The highest BCUT2D eigenvalue weighted by Gasteiger charge is 2.19. The van der Waals surface area contributed by atoms with E-state index in [1.807, 2.05) is 20.8 Å². The molecule has 0 aliphatic heterocycles. The maximum Gasteiger partial charge on any atom is 0.229 e. The lowest BCUT2D eigenvalue weighted by Gasteiger charge is -2.14. The highest BCUT2D eigenvalue weighted by atomic mass is 16.2. The summed E-state index contributed by atoms with van der Waals surface area (Å²) in [6.45, 7) is 8.94. The Morgan fingerprint density at radius 2 is 2.00 bits per heavy atom. The topological polar surface area (TPSA) is 29.1 Å². The van der Waals surface area contributed by atoms with E-state index in [-0.39, 0.29) is 11.3 Å². The zero-order valence-electron chi connectivity index (χ0n) is 6.19. The summed E-state index contributed by atoms with van der Waals surface area (Å²) in [5.74, 6) is -0.00231. The number of carbonyl (C=O) groups is 1. The third-order valence-corrected chi connectivity index (χ3v) is 0.914. The minimum Gasteiger partial charge on any atom is -0.333 e. The average molecular weight is 127 g/mol. The summed E-state index contributed by atoms with van der Waals surface area (Å²) in [6, 6.07) is 0. The van der Waals surface area contributed by atoms with E-state index in [0.717, 1.165) is 0 Å². The van der Waals surface area contributed by atoms with Crippen molar-refractivity contribution < 1.29 is 4.79 Å².